The summed E-state index contributed by atoms with van der Waals surface area (Å²) in [6, 6.07) is 6.17. The number of nitrogens with one attached hydrogen (secondary N) is 2. The predicted octanol–water partition coefficient (Wildman–Crippen LogP) is 3.04. The van der Waals surface area contributed by atoms with Gasteiger partial charge in [0.15, 0.2) is 6.29 Å². The van der Waals surface area contributed by atoms with Crippen LogP contribution in [0.2, 0.25) is 0 Å². The van der Waals surface area contributed by atoms with E-state index >= 15 is 0 Å². The van der Waals surface area contributed by atoms with E-state index in [4.69, 9.17) is 14.7 Å². The standard InChI is InChI=1S/C17H20F3N3O3/c1-3-25-15(26-4-2)11-22-10-12(9-21)16(24)23-14-8-6-5-7-13(14)17(18,19)20/h5-8,10,15,22H,3-4,11H2,1-2H3,(H,23,24)/b12-10-. The number of nitrogens with zero attached hydrogens (tertiary/aromatic N) is 1. The van der Waals surface area contributed by atoms with Gasteiger partial charge in [-0.25, -0.2) is 0 Å². The lowest BCUT2D eigenvalue weighted by Gasteiger charge is -2.16. The Balaban J connectivity index is 2.80. The summed E-state index contributed by atoms with van der Waals surface area (Å²) >= 11 is 0. The molecule has 26 heavy (non-hydrogen) atoms. The summed E-state index contributed by atoms with van der Waals surface area (Å²) in [6.07, 6.45) is -4.09. The molecule has 0 radical (unpaired) electrons. The monoisotopic (exact) mass is 371 g/mol. The van der Waals surface area contributed by atoms with Gasteiger partial charge in [-0.2, -0.15) is 18.4 Å². The van der Waals surface area contributed by atoms with Crippen molar-refractivity contribution in [3.8, 4) is 6.07 Å². The molecule has 1 amide bonds. The molecule has 1 rings (SSSR count). The fourth-order valence-corrected chi connectivity index (χ4v) is 1.97. The molecule has 2 N–H and O–H groups in total. The molecule has 0 aromatic heterocycles. The van der Waals surface area contributed by atoms with Crippen LogP contribution >= 0.6 is 0 Å². The van der Waals surface area contributed by atoms with Gasteiger partial charge in [0.25, 0.3) is 5.91 Å². The highest BCUT2D eigenvalue weighted by atomic mass is 19.4. The molecule has 0 unspecified atom stereocenters. The average molecular weight is 371 g/mol. The van der Waals surface area contributed by atoms with Crippen molar-refractivity contribution < 1.29 is 27.4 Å². The van der Waals surface area contributed by atoms with E-state index in [1.807, 2.05) is 0 Å². The Hall–Kier alpha value is -2.57. The number of nitriles is 1. The van der Waals surface area contributed by atoms with Crippen molar-refractivity contribution in [2.75, 3.05) is 25.1 Å². The van der Waals surface area contributed by atoms with E-state index in [0.717, 1.165) is 18.3 Å². The van der Waals surface area contributed by atoms with Gasteiger partial charge in [-0.15, -0.1) is 0 Å². The second-order valence-electron chi connectivity index (χ2n) is 4.92. The topological polar surface area (TPSA) is 83.4 Å². The van der Waals surface area contributed by atoms with Crippen molar-refractivity contribution in [2.45, 2.75) is 26.3 Å². The van der Waals surface area contributed by atoms with Crippen LogP contribution in [0.1, 0.15) is 19.4 Å². The Kier molecular flexibility index (Phi) is 8.61. The molecule has 6 nitrogen and oxygen atoms in total. The summed E-state index contributed by atoms with van der Waals surface area (Å²) in [5, 5.41) is 13.9. The van der Waals surface area contributed by atoms with Gasteiger partial charge in [0.05, 0.1) is 17.8 Å². The zero-order chi connectivity index (χ0) is 19.6. The van der Waals surface area contributed by atoms with Gasteiger partial charge >= 0.3 is 6.18 Å². The molecule has 142 valence electrons. The van der Waals surface area contributed by atoms with Gasteiger partial charge in [0.2, 0.25) is 0 Å². The highest BCUT2D eigenvalue weighted by Gasteiger charge is 2.33. The van der Waals surface area contributed by atoms with E-state index in [0.29, 0.717) is 13.2 Å². The minimum atomic E-state index is -4.62. The van der Waals surface area contributed by atoms with Crippen LogP contribution in [0.3, 0.4) is 0 Å². The van der Waals surface area contributed by atoms with Crippen LogP contribution < -0.4 is 10.6 Å². The highest BCUT2D eigenvalue weighted by Crippen LogP contribution is 2.34. The summed E-state index contributed by atoms with van der Waals surface area (Å²) in [7, 11) is 0. The van der Waals surface area contributed by atoms with Gasteiger partial charge in [-0.3, -0.25) is 4.79 Å². The quantitative estimate of drug-likeness (QED) is 0.396. The first kappa shape index (κ1) is 21.5. The zero-order valence-electron chi connectivity index (χ0n) is 14.4. The number of halogens is 3. The third-order valence-electron chi connectivity index (χ3n) is 3.08. The molecule has 1 aromatic rings. The molecular weight excluding hydrogens is 351 g/mol. The number of alkyl halides is 3. The van der Waals surface area contributed by atoms with Crippen LogP contribution in [0, 0.1) is 11.3 Å². The number of hydrogen-bond donors (Lipinski definition) is 2. The van der Waals surface area contributed by atoms with E-state index in [9.17, 15) is 18.0 Å². The Morgan fingerprint density at radius 1 is 1.27 bits per heavy atom. The van der Waals surface area contributed by atoms with Crippen molar-refractivity contribution in [2.24, 2.45) is 0 Å². The highest BCUT2D eigenvalue weighted by molar-refractivity contribution is 6.06. The Morgan fingerprint density at radius 3 is 2.42 bits per heavy atom. The lowest BCUT2D eigenvalue weighted by atomic mass is 10.1. The lowest BCUT2D eigenvalue weighted by molar-refractivity contribution is -0.137. The molecule has 0 spiro atoms. The van der Waals surface area contributed by atoms with E-state index in [2.05, 4.69) is 10.6 Å². The van der Waals surface area contributed by atoms with Crippen LogP contribution in [-0.2, 0) is 20.4 Å². The summed E-state index contributed by atoms with van der Waals surface area (Å²) in [5.74, 6) is -0.957. The van der Waals surface area contributed by atoms with E-state index in [-0.39, 0.29) is 12.1 Å². The summed E-state index contributed by atoms with van der Waals surface area (Å²) in [6.45, 7) is 4.56. The zero-order valence-corrected chi connectivity index (χ0v) is 14.4. The maximum Gasteiger partial charge on any atom is 0.418 e. The number of carbonyl (C=O) groups is 1. The number of amides is 1. The number of para-hydroxylation sites is 1. The molecule has 0 bridgehead atoms. The van der Waals surface area contributed by atoms with Crippen molar-refractivity contribution in [1.82, 2.24) is 5.32 Å². The first-order chi connectivity index (χ1) is 12.3. The molecule has 0 fully saturated rings. The first-order valence-electron chi connectivity index (χ1n) is 7.87. The summed E-state index contributed by atoms with van der Waals surface area (Å²) in [5.41, 5.74) is -1.80. The summed E-state index contributed by atoms with van der Waals surface area (Å²) in [4.78, 5) is 12.1. The number of carbonyl (C=O) groups excluding carboxylic acids is 1. The van der Waals surface area contributed by atoms with Crippen LogP contribution in [0.5, 0.6) is 0 Å². The fourth-order valence-electron chi connectivity index (χ4n) is 1.97. The van der Waals surface area contributed by atoms with Gasteiger partial charge < -0.3 is 20.1 Å². The predicted molar refractivity (Wildman–Crippen MR) is 88.8 cm³/mol. The molecule has 0 aliphatic carbocycles. The number of hydrogen-bond acceptors (Lipinski definition) is 5. The molecular formula is C17H20F3N3O3. The van der Waals surface area contributed by atoms with Crippen molar-refractivity contribution in [1.29, 1.82) is 5.26 Å². The number of ether oxygens (including phenoxy) is 2. The maximum absolute atomic E-state index is 12.9. The van der Waals surface area contributed by atoms with Crippen LogP contribution in [0.25, 0.3) is 0 Å². The minimum Gasteiger partial charge on any atom is -0.385 e. The SMILES string of the molecule is CCOC(CN/C=C(/C#N)C(=O)Nc1ccccc1C(F)(F)F)OCC. The molecule has 0 aliphatic rings. The average Bonchev–Trinajstić information content (AvgIpc) is 2.58. The lowest BCUT2D eigenvalue weighted by Crippen LogP contribution is -2.29. The second kappa shape index (κ2) is 10.4. The molecule has 9 heteroatoms. The van der Waals surface area contributed by atoms with Gasteiger partial charge in [-0.1, -0.05) is 12.1 Å². The van der Waals surface area contributed by atoms with Crippen molar-refractivity contribution >= 4 is 11.6 Å². The van der Waals surface area contributed by atoms with Gasteiger partial charge in [-0.05, 0) is 26.0 Å². The van der Waals surface area contributed by atoms with Crippen LogP contribution in [0.4, 0.5) is 18.9 Å². The van der Waals surface area contributed by atoms with Gasteiger partial charge in [0.1, 0.15) is 11.6 Å². The molecule has 1 aromatic carbocycles. The number of benzene rings is 1. The van der Waals surface area contributed by atoms with E-state index < -0.39 is 29.6 Å². The largest absolute Gasteiger partial charge is 0.418 e. The molecule has 0 heterocycles. The van der Waals surface area contributed by atoms with Crippen LogP contribution in [-0.4, -0.2) is 32.0 Å². The van der Waals surface area contributed by atoms with E-state index in [1.165, 1.54) is 12.1 Å². The Morgan fingerprint density at radius 2 is 1.88 bits per heavy atom. The van der Waals surface area contributed by atoms with Crippen molar-refractivity contribution in [3.63, 3.8) is 0 Å². The normalized spacial score (nSPS) is 12.0. The first-order valence-corrected chi connectivity index (χ1v) is 7.87. The fraction of sp³-hybridized carbons (Fsp3) is 0.412. The second-order valence-corrected chi connectivity index (χ2v) is 4.92. The third kappa shape index (κ3) is 6.74. The molecule has 0 aliphatic heterocycles. The molecule has 0 atom stereocenters. The Labute approximate surface area is 149 Å². The van der Waals surface area contributed by atoms with Crippen LogP contribution in [0.15, 0.2) is 36.0 Å². The Bertz CT molecular complexity index is 663. The third-order valence-corrected chi connectivity index (χ3v) is 3.08. The van der Waals surface area contributed by atoms with Gasteiger partial charge in [0, 0.05) is 19.4 Å². The number of rotatable bonds is 9. The van der Waals surface area contributed by atoms with E-state index in [1.54, 1.807) is 19.9 Å². The maximum atomic E-state index is 12.9. The van der Waals surface area contributed by atoms with Crippen molar-refractivity contribution in [3.05, 3.63) is 41.6 Å². The summed E-state index contributed by atoms with van der Waals surface area (Å²) < 4.78 is 49.4. The molecule has 0 saturated carbocycles. The minimum absolute atomic E-state index is 0.166. The smallest absolute Gasteiger partial charge is 0.385 e. The number of anilines is 1. The molecule has 0 saturated heterocycles.